The van der Waals surface area contributed by atoms with Gasteiger partial charge in [-0.1, -0.05) is 6.07 Å². The number of carbonyl (C=O) groups excluding carboxylic acids is 2. The van der Waals surface area contributed by atoms with Crippen LogP contribution in [0.5, 0.6) is 5.75 Å². The lowest BCUT2D eigenvalue weighted by Crippen LogP contribution is -2.52. The van der Waals surface area contributed by atoms with Gasteiger partial charge in [0.05, 0.1) is 12.8 Å². The molecule has 166 valence electrons. The number of amides is 2. The minimum atomic E-state index is -1.05. The van der Waals surface area contributed by atoms with Crippen LogP contribution in [0.25, 0.3) is 0 Å². The Bertz CT molecular complexity index is 1260. The molecule has 0 saturated heterocycles. The Morgan fingerprint density at radius 3 is 2.72 bits per heavy atom. The van der Waals surface area contributed by atoms with Gasteiger partial charge in [-0.05, 0) is 18.2 Å². The van der Waals surface area contributed by atoms with Crippen LogP contribution in [0.1, 0.15) is 32.2 Å². The van der Waals surface area contributed by atoms with Gasteiger partial charge in [-0.3, -0.25) is 24.1 Å². The molecule has 4 rings (SSSR count). The number of hydrogen-bond donors (Lipinski definition) is 2. The Labute approximate surface area is 180 Å². The molecule has 0 saturated carbocycles. The fourth-order valence-corrected chi connectivity index (χ4v) is 3.40. The van der Waals surface area contributed by atoms with Crippen LogP contribution in [-0.2, 0) is 13.1 Å². The number of aromatic hydroxyl groups is 1. The molecule has 0 unspecified atom stereocenters. The molecule has 1 aromatic carbocycles. The highest BCUT2D eigenvalue weighted by Crippen LogP contribution is 2.22. The van der Waals surface area contributed by atoms with Gasteiger partial charge >= 0.3 is 0 Å². The maximum Gasteiger partial charge on any atom is 0.278 e. The van der Waals surface area contributed by atoms with Crippen LogP contribution in [0.3, 0.4) is 0 Å². The van der Waals surface area contributed by atoms with Crippen molar-refractivity contribution in [3.63, 3.8) is 0 Å². The number of furan rings is 1. The van der Waals surface area contributed by atoms with Gasteiger partial charge in [-0.15, -0.1) is 0 Å². The largest absolute Gasteiger partial charge is 0.502 e. The monoisotopic (exact) mass is 444 g/mol. The highest BCUT2D eigenvalue weighted by Gasteiger charge is 2.33. The number of nitrogens with zero attached hydrogens (tertiary/aromatic N) is 3. The quantitative estimate of drug-likeness (QED) is 0.618. The first-order valence-electron chi connectivity index (χ1n) is 9.50. The number of nitrogens with one attached hydrogen (secondary N) is 1. The van der Waals surface area contributed by atoms with E-state index in [0.717, 1.165) is 12.3 Å². The third kappa shape index (κ3) is 3.80. The van der Waals surface area contributed by atoms with Crippen molar-refractivity contribution in [1.29, 1.82) is 0 Å². The molecule has 3 aromatic rings. The number of fused-ring (bicyclic) bond motifs is 1. The Kier molecular flexibility index (Phi) is 5.39. The zero-order valence-electron chi connectivity index (χ0n) is 16.8. The smallest absolute Gasteiger partial charge is 0.278 e. The summed E-state index contributed by atoms with van der Waals surface area (Å²) in [7, 11) is 1.60. The second-order valence-corrected chi connectivity index (χ2v) is 7.21. The molecule has 2 N–H and O–H groups in total. The first kappa shape index (κ1) is 21.1. The van der Waals surface area contributed by atoms with E-state index in [2.05, 4.69) is 5.32 Å². The number of benzene rings is 1. The predicted octanol–water partition coefficient (Wildman–Crippen LogP) is 1.54. The van der Waals surface area contributed by atoms with E-state index in [0.29, 0.717) is 11.8 Å². The summed E-state index contributed by atoms with van der Waals surface area (Å²) < 4.78 is 33.3. The number of hydrogen-bond acceptors (Lipinski definition) is 6. The topological polar surface area (TPSA) is 108 Å². The molecule has 2 amide bonds. The number of aromatic nitrogens is 1. The third-order valence-electron chi connectivity index (χ3n) is 5.02. The van der Waals surface area contributed by atoms with E-state index < -0.39 is 40.2 Å². The molecule has 0 spiro atoms. The van der Waals surface area contributed by atoms with Gasteiger partial charge in [0, 0.05) is 31.4 Å². The third-order valence-corrected chi connectivity index (χ3v) is 5.02. The van der Waals surface area contributed by atoms with Crippen molar-refractivity contribution in [1.82, 2.24) is 14.9 Å². The lowest BCUT2D eigenvalue weighted by molar-refractivity contribution is 0.0665. The molecule has 9 nitrogen and oxygen atoms in total. The van der Waals surface area contributed by atoms with Crippen LogP contribution < -0.4 is 15.8 Å². The number of pyridine rings is 1. The summed E-state index contributed by atoms with van der Waals surface area (Å²) in [6.07, 6.45) is 2.60. The summed E-state index contributed by atoms with van der Waals surface area (Å²) in [4.78, 5) is 39.4. The molecule has 0 bridgehead atoms. The van der Waals surface area contributed by atoms with Gasteiger partial charge in [0.2, 0.25) is 5.43 Å². The van der Waals surface area contributed by atoms with Gasteiger partial charge < -0.3 is 19.7 Å². The van der Waals surface area contributed by atoms with Gasteiger partial charge in [-0.25, -0.2) is 8.78 Å². The maximum absolute atomic E-state index is 13.8. The first-order chi connectivity index (χ1) is 15.3. The standard InChI is InChI=1S/C21H18F2N4O5/c1-25-11-26(9-14-3-2-6-32-14)21(31)17-19(29)18(28)15(10-27(17)25)20(30)24-8-12-4-5-13(22)7-16(12)23/h2-7,10,29H,8-9,11H2,1H3,(H,24,30). The second kappa shape index (κ2) is 8.17. The van der Waals surface area contributed by atoms with Crippen molar-refractivity contribution >= 4 is 11.8 Å². The molecule has 3 heterocycles. The summed E-state index contributed by atoms with van der Waals surface area (Å²) in [5.74, 6) is -3.48. The van der Waals surface area contributed by atoms with Crippen LogP contribution in [0.15, 0.2) is 52.0 Å². The maximum atomic E-state index is 13.8. The zero-order valence-corrected chi connectivity index (χ0v) is 16.8. The molecule has 1 aliphatic heterocycles. The molecule has 0 atom stereocenters. The van der Waals surface area contributed by atoms with Crippen LogP contribution >= 0.6 is 0 Å². The number of rotatable bonds is 5. The van der Waals surface area contributed by atoms with E-state index in [9.17, 15) is 28.3 Å². The molecule has 11 heteroatoms. The summed E-state index contributed by atoms with van der Waals surface area (Å²) >= 11 is 0. The van der Waals surface area contributed by atoms with Crippen LogP contribution in [0.4, 0.5) is 8.78 Å². The van der Waals surface area contributed by atoms with Crippen LogP contribution in [0.2, 0.25) is 0 Å². The summed E-state index contributed by atoms with van der Waals surface area (Å²) in [5.41, 5.74) is -1.76. The van der Waals surface area contributed by atoms with E-state index in [1.807, 2.05) is 0 Å². The average Bonchev–Trinajstić information content (AvgIpc) is 3.26. The molecule has 0 fully saturated rings. The molecule has 1 aliphatic rings. The van der Waals surface area contributed by atoms with Crippen molar-refractivity contribution in [2.24, 2.45) is 0 Å². The second-order valence-electron chi connectivity index (χ2n) is 7.21. The van der Waals surface area contributed by atoms with E-state index in [4.69, 9.17) is 4.42 Å². The minimum Gasteiger partial charge on any atom is -0.502 e. The van der Waals surface area contributed by atoms with E-state index >= 15 is 0 Å². The normalized spacial score (nSPS) is 13.3. The highest BCUT2D eigenvalue weighted by molar-refractivity contribution is 5.99. The number of carbonyl (C=O) groups is 2. The Morgan fingerprint density at radius 1 is 1.25 bits per heavy atom. The molecule has 2 aromatic heterocycles. The molecule has 0 aliphatic carbocycles. The SMILES string of the molecule is CN1CN(Cc2ccco2)C(=O)c2c(O)c(=O)c(C(=O)NCc3ccc(F)cc3F)cn21. The van der Waals surface area contributed by atoms with Gasteiger partial charge in [0.25, 0.3) is 11.8 Å². The van der Waals surface area contributed by atoms with Crippen LogP contribution in [-0.4, -0.2) is 40.2 Å². The van der Waals surface area contributed by atoms with Gasteiger partial charge in [-0.2, -0.15) is 0 Å². The summed E-state index contributed by atoms with van der Waals surface area (Å²) in [6.45, 7) is -0.0927. The Hall–Kier alpha value is -4.15. The summed E-state index contributed by atoms with van der Waals surface area (Å²) in [6, 6.07) is 6.25. The fourth-order valence-electron chi connectivity index (χ4n) is 3.40. The average molecular weight is 444 g/mol. The first-order valence-corrected chi connectivity index (χ1v) is 9.50. The highest BCUT2D eigenvalue weighted by atomic mass is 19.1. The Balaban J connectivity index is 1.60. The Morgan fingerprint density at radius 2 is 2.03 bits per heavy atom. The van der Waals surface area contributed by atoms with E-state index in [-0.39, 0.29) is 31.0 Å². The fraction of sp³-hybridized carbons (Fsp3) is 0.190. The number of halogens is 2. The molecule has 0 radical (unpaired) electrons. The lowest BCUT2D eigenvalue weighted by Gasteiger charge is -2.37. The van der Waals surface area contributed by atoms with E-state index in [1.54, 1.807) is 19.2 Å². The van der Waals surface area contributed by atoms with Gasteiger partial charge in [0.15, 0.2) is 11.4 Å². The van der Waals surface area contributed by atoms with Crippen molar-refractivity contribution in [2.45, 2.75) is 13.1 Å². The molecule has 32 heavy (non-hydrogen) atoms. The molecular formula is C21H18F2N4O5. The zero-order chi connectivity index (χ0) is 23.0. The van der Waals surface area contributed by atoms with Crippen molar-refractivity contribution in [2.75, 3.05) is 18.7 Å². The van der Waals surface area contributed by atoms with E-state index in [1.165, 1.54) is 26.9 Å². The molecular weight excluding hydrogens is 426 g/mol. The lowest BCUT2D eigenvalue weighted by atomic mass is 10.1. The van der Waals surface area contributed by atoms with Crippen molar-refractivity contribution in [3.05, 3.63) is 87.2 Å². The van der Waals surface area contributed by atoms with Crippen molar-refractivity contribution < 1.29 is 27.9 Å². The van der Waals surface area contributed by atoms with Crippen LogP contribution in [0, 0.1) is 11.6 Å². The van der Waals surface area contributed by atoms with Gasteiger partial charge in [0.1, 0.15) is 29.6 Å². The summed E-state index contributed by atoms with van der Waals surface area (Å²) in [5, 5.41) is 14.3. The van der Waals surface area contributed by atoms with Crippen molar-refractivity contribution in [3.8, 4) is 5.75 Å². The predicted molar refractivity (Wildman–Crippen MR) is 107 cm³/mol. The minimum absolute atomic E-state index is 0.0166.